The highest BCUT2D eigenvalue weighted by Crippen LogP contribution is 2.38. The molecule has 0 spiro atoms. The van der Waals surface area contributed by atoms with Crippen LogP contribution < -0.4 is 0 Å². The first kappa shape index (κ1) is 20.2. The van der Waals surface area contributed by atoms with E-state index in [9.17, 15) is 30.3 Å². The maximum atomic E-state index is 10.4. The lowest BCUT2D eigenvalue weighted by Crippen LogP contribution is -1.97. The number of rotatable bonds is 3. The number of phenolic OH excluding ortho intramolecular Hbond substituents is 1. The summed E-state index contributed by atoms with van der Waals surface area (Å²) < 4.78 is 0. The van der Waals surface area contributed by atoms with Gasteiger partial charge in [0.25, 0.3) is 11.4 Å². The smallest absolute Gasteiger partial charge is 0.324 e. The van der Waals surface area contributed by atoms with Gasteiger partial charge in [0.1, 0.15) is 0 Å². The van der Waals surface area contributed by atoms with Gasteiger partial charge in [-0.15, -0.1) is 0 Å². The summed E-state index contributed by atoms with van der Waals surface area (Å²) in [7, 11) is 0. The number of hydrogen-bond donors (Lipinski definition) is 1. The van der Waals surface area contributed by atoms with Gasteiger partial charge in [-0.1, -0.05) is 12.1 Å². The summed E-state index contributed by atoms with van der Waals surface area (Å²) in [4.78, 5) is 31.9. The summed E-state index contributed by atoms with van der Waals surface area (Å²) in [5.41, 5.74) is -0.389. The zero-order valence-corrected chi connectivity index (χ0v) is 14.7. The van der Waals surface area contributed by atoms with Gasteiger partial charge in [-0.05, 0) is 36.4 Å². The topological polar surface area (TPSA) is 163 Å². The number of benzene rings is 2. The van der Waals surface area contributed by atoms with Crippen LogP contribution in [0.5, 0.6) is 5.75 Å². The average Bonchev–Trinajstić information content (AvgIpc) is 2.65. The van der Waals surface area contributed by atoms with E-state index in [1.165, 1.54) is 21.9 Å². The lowest BCUT2D eigenvalue weighted by atomic mass is 10.0. The van der Waals surface area contributed by atoms with Gasteiger partial charge < -0.3 is 5.11 Å². The van der Waals surface area contributed by atoms with Crippen molar-refractivity contribution in [2.75, 3.05) is 0 Å². The van der Waals surface area contributed by atoms with Crippen LogP contribution in [0.15, 0.2) is 42.7 Å². The normalized spacial score (nSPS) is 10.1. The van der Waals surface area contributed by atoms with E-state index in [0.717, 1.165) is 0 Å². The highest BCUT2D eigenvalue weighted by Gasteiger charge is 2.30. The first-order chi connectivity index (χ1) is 13.1. The Morgan fingerprint density at radius 3 is 1.75 bits per heavy atom. The van der Waals surface area contributed by atoms with Crippen LogP contribution in [-0.4, -0.2) is 24.9 Å². The van der Waals surface area contributed by atoms with Crippen molar-refractivity contribution in [3.63, 3.8) is 0 Å². The highest BCUT2D eigenvalue weighted by atomic mass is 16.6. The fraction of sp³-hybridized carbons (Fsp3) is 0.118. The SMILES string of the molecule is Cc1ccc(C)c2cnccc12.O=[N+]([O-])c1cc([N+](=O)[O-])c(O)c([N+](=O)[O-])c1. The van der Waals surface area contributed by atoms with Crippen molar-refractivity contribution in [1.29, 1.82) is 0 Å². The number of fused-ring (bicyclic) bond motifs is 1. The number of aryl methyl sites for hydroxylation is 2. The van der Waals surface area contributed by atoms with Crippen LogP contribution in [-0.2, 0) is 0 Å². The molecular weight excluding hydrogens is 372 g/mol. The third kappa shape index (κ3) is 4.15. The molecule has 0 amide bonds. The van der Waals surface area contributed by atoms with Gasteiger partial charge >= 0.3 is 11.4 Å². The van der Waals surface area contributed by atoms with E-state index >= 15 is 0 Å². The summed E-state index contributed by atoms with van der Waals surface area (Å²) in [5.74, 6) is -1.21. The highest BCUT2D eigenvalue weighted by molar-refractivity contribution is 5.87. The summed E-state index contributed by atoms with van der Waals surface area (Å²) in [6.07, 6.45) is 3.77. The molecule has 1 N–H and O–H groups in total. The van der Waals surface area contributed by atoms with Crippen molar-refractivity contribution in [1.82, 2.24) is 4.98 Å². The zero-order valence-electron chi connectivity index (χ0n) is 14.7. The third-order valence-electron chi connectivity index (χ3n) is 3.91. The molecule has 1 heterocycles. The van der Waals surface area contributed by atoms with Crippen LogP contribution in [0, 0.1) is 44.2 Å². The predicted molar refractivity (Wildman–Crippen MR) is 99.3 cm³/mol. The Labute approximate surface area is 157 Å². The summed E-state index contributed by atoms with van der Waals surface area (Å²) in [5, 5.41) is 42.8. The van der Waals surface area contributed by atoms with Gasteiger partial charge in [0.2, 0.25) is 0 Å². The molecule has 0 fully saturated rings. The number of nitro benzene ring substituents is 3. The Hall–Kier alpha value is -4.15. The Balaban J connectivity index is 0.000000207. The maximum Gasteiger partial charge on any atom is 0.324 e. The van der Waals surface area contributed by atoms with Crippen molar-refractivity contribution < 1.29 is 19.9 Å². The van der Waals surface area contributed by atoms with Crippen molar-refractivity contribution in [3.05, 3.63) is 84.2 Å². The molecule has 28 heavy (non-hydrogen) atoms. The number of pyridine rings is 1. The standard InChI is InChI=1S/C11H11N.C6H3N3O7/c1-8-3-4-9(2)11-7-12-6-5-10(8)11;10-6-4(8(13)14)1-3(7(11)12)2-5(6)9(15)16/h3-7H,1-2H3;1-2,10H. The second-order valence-electron chi connectivity index (χ2n) is 5.72. The maximum absolute atomic E-state index is 10.4. The molecule has 0 bridgehead atoms. The van der Waals surface area contributed by atoms with Crippen molar-refractivity contribution in [3.8, 4) is 5.75 Å². The molecule has 11 nitrogen and oxygen atoms in total. The molecule has 144 valence electrons. The number of hydrogen-bond acceptors (Lipinski definition) is 8. The number of nitrogens with zero attached hydrogens (tertiary/aromatic N) is 4. The Bertz CT molecular complexity index is 1020. The molecule has 0 aliphatic heterocycles. The Morgan fingerprint density at radius 1 is 0.821 bits per heavy atom. The number of aromatic nitrogens is 1. The van der Waals surface area contributed by atoms with Gasteiger partial charge in [-0.25, -0.2) is 0 Å². The Morgan fingerprint density at radius 2 is 1.32 bits per heavy atom. The van der Waals surface area contributed by atoms with Gasteiger partial charge in [-0.3, -0.25) is 35.3 Å². The molecule has 2 aromatic carbocycles. The fourth-order valence-electron chi connectivity index (χ4n) is 2.46. The van der Waals surface area contributed by atoms with Gasteiger partial charge in [-0.2, -0.15) is 0 Å². The van der Waals surface area contributed by atoms with Crippen molar-refractivity contribution in [2.45, 2.75) is 13.8 Å². The average molecular weight is 386 g/mol. The number of nitro groups is 3. The third-order valence-corrected chi connectivity index (χ3v) is 3.91. The van der Waals surface area contributed by atoms with Gasteiger partial charge in [0.15, 0.2) is 0 Å². The zero-order chi connectivity index (χ0) is 21.0. The van der Waals surface area contributed by atoms with Gasteiger partial charge in [0, 0.05) is 17.8 Å². The molecule has 3 rings (SSSR count). The van der Waals surface area contributed by atoms with Crippen LogP contribution in [0.1, 0.15) is 11.1 Å². The molecule has 0 saturated carbocycles. The molecule has 11 heteroatoms. The van der Waals surface area contributed by atoms with E-state index in [1.54, 1.807) is 0 Å². The summed E-state index contributed by atoms with van der Waals surface area (Å²) in [6, 6.07) is 7.25. The summed E-state index contributed by atoms with van der Waals surface area (Å²) >= 11 is 0. The molecule has 0 atom stereocenters. The fourth-order valence-corrected chi connectivity index (χ4v) is 2.46. The minimum atomic E-state index is -1.21. The first-order valence-electron chi connectivity index (χ1n) is 7.73. The molecule has 1 aromatic heterocycles. The summed E-state index contributed by atoms with van der Waals surface area (Å²) in [6.45, 7) is 4.24. The lowest BCUT2D eigenvalue weighted by Gasteiger charge is -2.03. The minimum Gasteiger partial charge on any atom is -0.497 e. The van der Waals surface area contributed by atoms with Crippen LogP contribution in [0.2, 0.25) is 0 Å². The second kappa shape index (κ2) is 8.03. The first-order valence-corrected chi connectivity index (χ1v) is 7.73. The van der Waals surface area contributed by atoms with E-state index in [-0.39, 0.29) is 0 Å². The van der Waals surface area contributed by atoms with Crippen LogP contribution in [0.4, 0.5) is 17.1 Å². The lowest BCUT2D eigenvalue weighted by molar-refractivity contribution is -0.404. The van der Waals surface area contributed by atoms with Crippen LogP contribution in [0.25, 0.3) is 10.8 Å². The van der Waals surface area contributed by atoms with E-state index in [0.29, 0.717) is 12.1 Å². The predicted octanol–water partition coefficient (Wildman–Crippen LogP) is 3.97. The monoisotopic (exact) mass is 386 g/mol. The number of aromatic hydroxyl groups is 1. The van der Waals surface area contributed by atoms with E-state index in [4.69, 9.17) is 5.11 Å². The Kier molecular flexibility index (Phi) is 5.79. The molecule has 0 saturated heterocycles. The quantitative estimate of drug-likeness (QED) is 0.522. The molecule has 3 aromatic rings. The van der Waals surface area contributed by atoms with Crippen LogP contribution in [0.3, 0.4) is 0 Å². The molecule has 0 aliphatic carbocycles. The van der Waals surface area contributed by atoms with E-state index in [1.807, 2.05) is 12.4 Å². The number of phenols is 1. The number of non-ortho nitro benzene ring substituents is 1. The van der Waals surface area contributed by atoms with Crippen LogP contribution >= 0.6 is 0 Å². The second-order valence-corrected chi connectivity index (χ2v) is 5.72. The van der Waals surface area contributed by atoms with Gasteiger partial charge in [0.05, 0.1) is 26.9 Å². The van der Waals surface area contributed by atoms with E-state index in [2.05, 4.69) is 37.0 Å². The largest absolute Gasteiger partial charge is 0.497 e. The van der Waals surface area contributed by atoms with Crippen molar-refractivity contribution in [2.24, 2.45) is 0 Å². The van der Waals surface area contributed by atoms with Crippen molar-refractivity contribution >= 4 is 27.8 Å². The minimum absolute atomic E-state index is 0.447. The molecule has 0 radical (unpaired) electrons. The molecular formula is C17H14N4O7. The molecule has 0 unspecified atom stereocenters. The molecule has 0 aliphatic rings. The van der Waals surface area contributed by atoms with E-state index < -0.39 is 37.6 Å².